The average molecular weight is 419 g/mol. The molecular weight excluding hydrogens is 388 g/mol. The number of aliphatic imine (C=N–C) groups is 1. The number of hydrogen-bond acceptors (Lipinski definition) is 4. The maximum Gasteiger partial charge on any atom is 0.209 e. The first kappa shape index (κ1) is 20.8. The van der Waals surface area contributed by atoms with Crippen molar-refractivity contribution in [2.24, 2.45) is 10.9 Å². The third kappa shape index (κ3) is 5.57. The first-order valence-electron chi connectivity index (χ1n) is 11.0. The molecule has 0 radical (unpaired) electrons. The molecule has 0 N–H and O–H groups in total. The Labute approximate surface area is 183 Å². The van der Waals surface area contributed by atoms with E-state index in [9.17, 15) is 0 Å². The molecule has 2 aromatic carbocycles. The third-order valence-corrected chi connectivity index (χ3v) is 6.31. The molecular formula is C26H30N2OS. The highest BCUT2D eigenvalue weighted by Gasteiger charge is 2.15. The van der Waals surface area contributed by atoms with Crippen LogP contribution in [0, 0.1) is 5.92 Å². The fourth-order valence-electron chi connectivity index (χ4n) is 3.86. The maximum atomic E-state index is 5.73. The fourth-order valence-corrected chi connectivity index (χ4v) is 4.53. The lowest BCUT2D eigenvalue weighted by Crippen LogP contribution is -2.04. The van der Waals surface area contributed by atoms with Crippen molar-refractivity contribution in [2.45, 2.75) is 51.9 Å². The molecule has 0 amide bonds. The van der Waals surface area contributed by atoms with Crippen molar-refractivity contribution in [3.05, 3.63) is 65.0 Å². The lowest BCUT2D eigenvalue weighted by Gasteiger charge is -2.22. The van der Waals surface area contributed by atoms with Gasteiger partial charge in [0.15, 0.2) is 0 Å². The zero-order valence-corrected chi connectivity index (χ0v) is 18.7. The van der Waals surface area contributed by atoms with Crippen LogP contribution in [0.15, 0.2) is 58.9 Å². The summed E-state index contributed by atoms with van der Waals surface area (Å²) in [5.41, 5.74) is 4.69. The van der Waals surface area contributed by atoms with Gasteiger partial charge in [0.2, 0.25) is 5.13 Å². The molecule has 1 aliphatic carbocycles. The fraction of sp³-hybridized carbons (Fsp3) is 0.385. The largest absolute Gasteiger partial charge is 0.493 e. The molecule has 0 spiro atoms. The number of rotatable bonds is 7. The van der Waals surface area contributed by atoms with Crippen LogP contribution >= 0.6 is 11.3 Å². The zero-order chi connectivity index (χ0) is 20.8. The lowest BCUT2D eigenvalue weighted by atomic mass is 9.84. The van der Waals surface area contributed by atoms with Crippen molar-refractivity contribution >= 4 is 22.7 Å². The molecule has 0 saturated heterocycles. The van der Waals surface area contributed by atoms with Crippen molar-refractivity contribution in [1.82, 2.24) is 4.98 Å². The van der Waals surface area contributed by atoms with Gasteiger partial charge in [0.1, 0.15) is 5.75 Å². The molecule has 0 atom stereocenters. The van der Waals surface area contributed by atoms with Crippen molar-refractivity contribution < 1.29 is 4.74 Å². The van der Waals surface area contributed by atoms with Crippen LogP contribution in [0.4, 0.5) is 5.13 Å². The van der Waals surface area contributed by atoms with Gasteiger partial charge in [-0.05, 0) is 60.1 Å². The molecule has 4 heteroatoms. The molecule has 0 unspecified atom stereocenters. The van der Waals surface area contributed by atoms with Crippen LogP contribution in [-0.4, -0.2) is 17.8 Å². The second-order valence-electron chi connectivity index (χ2n) is 8.50. The molecule has 3 nitrogen and oxygen atoms in total. The summed E-state index contributed by atoms with van der Waals surface area (Å²) in [4.78, 5) is 9.26. The van der Waals surface area contributed by atoms with E-state index in [1.54, 1.807) is 11.3 Å². The monoisotopic (exact) mass is 418 g/mol. The van der Waals surface area contributed by atoms with E-state index >= 15 is 0 Å². The molecule has 30 heavy (non-hydrogen) atoms. The van der Waals surface area contributed by atoms with E-state index in [0.29, 0.717) is 5.92 Å². The second kappa shape index (κ2) is 10.0. The molecule has 1 aliphatic rings. The van der Waals surface area contributed by atoms with Gasteiger partial charge < -0.3 is 4.74 Å². The van der Waals surface area contributed by atoms with E-state index in [1.165, 1.54) is 43.2 Å². The minimum Gasteiger partial charge on any atom is -0.493 e. The van der Waals surface area contributed by atoms with E-state index in [0.717, 1.165) is 34.7 Å². The van der Waals surface area contributed by atoms with Gasteiger partial charge in [0, 0.05) is 17.2 Å². The summed E-state index contributed by atoms with van der Waals surface area (Å²) >= 11 is 1.58. The predicted octanol–water partition coefficient (Wildman–Crippen LogP) is 7.64. The van der Waals surface area contributed by atoms with E-state index in [1.807, 2.05) is 30.5 Å². The first-order chi connectivity index (χ1) is 14.7. The molecule has 0 aliphatic heterocycles. The Bertz CT molecular complexity index is 951. The summed E-state index contributed by atoms with van der Waals surface area (Å²) in [5, 5.41) is 2.87. The van der Waals surface area contributed by atoms with E-state index in [2.05, 4.69) is 48.5 Å². The van der Waals surface area contributed by atoms with Crippen LogP contribution in [0.5, 0.6) is 5.75 Å². The quantitative estimate of drug-likeness (QED) is 0.369. The van der Waals surface area contributed by atoms with Gasteiger partial charge in [-0.1, -0.05) is 57.4 Å². The Hall–Kier alpha value is -2.46. The second-order valence-corrected chi connectivity index (χ2v) is 9.34. The molecule has 1 fully saturated rings. The van der Waals surface area contributed by atoms with Gasteiger partial charge in [-0.25, -0.2) is 9.98 Å². The van der Waals surface area contributed by atoms with E-state index in [-0.39, 0.29) is 0 Å². The van der Waals surface area contributed by atoms with Crippen LogP contribution < -0.4 is 4.74 Å². The number of thiazole rings is 1. The van der Waals surface area contributed by atoms with Crippen LogP contribution in [-0.2, 0) is 0 Å². The zero-order valence-electron chi connectivity index (χ0n) is 17.9. The average Bonchev–Trinajstić information content (AvgIpc) is 3.27. The van der Waals surface area contributed by atoms with Crippen LogP contribution in [0.1, 0.15) is 63.0 Å². The highest BCUT2D eigenvalue weighted by molar-refractivity contribution is 7.13. The predicted molar refractivity (Wildman–Crippen MR) is 127 cm³/mol. The highest BCUT2D eigenvalue weighted by atomic mass is 32.1. The number of aromatic nitrogens is 1. The Morgan fingerprint density at radius 3 is 2.47 bits per heavy atom. The molecule has 0 bridgehead atoms. The standard InChI is InChI=1S/C26H30N2OS/c1-19(2)17-29-24-14-8-20(9-15-24)16-27-26-28-25(18-30-26)23-12-10-22(11-13-23)21-6-4-3-5-7-21/h8-16,18-19,21H,3-7,17H2,1-2H3. The van der Waals surface area contributed by atoms with Crippen LogP contribution in [0.3, 0.4) is 0 Å². The van der Waals surface area contributed by atoms with Gasteiger partial charge in [0.25, 0.3) is 0 Å². The number of hydrogen-bond donors (Lipinski definition) is 0. The van der Waals surface area contributed by atoms with Crippen LogP contribution in [0.25, 0.3) is 11.3 Å². The van der Waals surface area contributed by atoms with Crippen molar-refractivity contribution in [2.75, 3.05) is 6.61 Å². The Balaban J connectivity index is 1.37. The Morgan fingerprint density at radius 1 is 1.03 bits per heavy atom. The summed E-state index contributed by atoms with van der Waals surface area (Å²) in [6, 6.07) is 17.0. The summed E-state index contributed by atoms with van der Waals surface area (Å²) in [6.07, 6.45) is 8.66. The van der Waals surface area contributed by atoms with Crippen molar-refractivity contribution in [3.63, 3.8) is 0 Å². The highest BCUT2D eigenvalue weighted by Crippen LogP contribution is 2.34. The smallest absolute Gasteiger partial charge is 0.209 e. The molecule has 3 aromatic rings. The van der Waals surface area contributed by atoms with Gasteiger partial charge in [-0.15, -0.1) is 11.3 Å². The van der Waals surface area contributed by atoms with E-state index < -0.39 is 0 Å². The summed E-state index contributed by atoms with van der Waals surface area (Å²) in [6.45, 7) is 5.03. The number of nitrogens with zero attached hydrogens (tertiary/aromatic N) is 2. The van der Waals surface area contributed by atoms with Gasteiger partial charge in [-0.2, -0.15) is 0 Å². The van der Waals surface area contributed by atoms with Crippen molar-refractivity contribution in [1.29, 1.82) is 0 Å². The Morgan fingerprint density at radius 2 is 1.77 bits per heavy atom. The molecule has 1 saturated carbocycles. The lowest BCUT2D eigenvalue weighted by molar-refractivity contribution is 0.271. The number of benzene rings is 2. The Kier molecular flexibility index (Phi) is 6.96. The summed E-state index contributed by atoms with van der Waals surface area (Å²) < 4.78 is 5.73. The van der Waals surface area contributed by atoms with Gasteiger partial charge in [-0.3, -0.25) is 0 Å². The van der Waals surface area contributed by atoms with Gasteiger partial charge >= 0.3 is 0 Å². The SMILES string of the molecule is CC(C)COc1ccc(C=Nc2nc(-c3ccc(C4CCCCC4)cc3)cs2)cc1. The maximum absolute atomic E-state index is 5.73. The summed E-state index contributed by atoms with van der Waals surface area (Å²) in [7, 11) is 0. The molecule has 1 heterocycles. The number of ether oxygens (including phenoxy) is 1. The minimum atomic E-state index is 0.522. The third-order valence-electron chi connectivity index (χ3n) is 5.56. The molecule has 4 rings (SSSR count). The summed E-state index contributed by atoms with van der Waals surface area (Å²) in [5.74, 6) is 2.16. The van der Waals surface area contributed by atoms with E-state index in [4.69, 9.17) is 9.72 Å². The first-order valence-corrected chi connectivity index (χ1v) is 11.9. The molecule has 1 aromatic heterocycles. The normalized spacial score (nSPS) is 15.2. The van der Waals surface area contributed by atoms with Crippen molar-refractivity contribution in [3.8, 4) is 17.0 Å². The van der Waals surface area contributed by atoms with Gasteiger partial charge in [0.05, 0.1) is 12.3 Å². The topological polar surface area (TPSA) is 34.5 Å². The minimum absolute atomic E-state index is 0.522. The van der Waals surface area contributed by atoms with Crippen LogP contribution in [0.2, 0.25) is 0 Å². The molecule has 156 valence electrons.